The summed E-state index contributed by atoms with van der Waals surface area (Å²) in [6.07, 6.45) is 6.97. The number of allylic oxidation sites excluding steroid dienone is 3. The maximum atomic E-state index is 11.7. The normalized spacial score (nSPS) is 23.4. The monoisotopic (exact) mass is 444 g/mol. The van der Waals surface area contributed by atoms with Crippen molar-refractivity contribution in [2.75, 3.05) is 13.2 Å². The van der Waals surface area contributed by atoms with Gasteiger partial charge in [-0.1, -0.05) is 57.2 Å². The molecule has 0 radical (unpaired) electrons. The van der Waals surface area contributed by atoms with Crippen molar-refractivity contribution in [3.63, 3.8) is 0 Å². The molecule has 0 unspecified atom stereocenters. The molecule has 0 bridgehead atoms. The molecule has 1 aliphatic heterocycles. The zero-order chi connectivity index (χ0) is 24.0. The Morgan fingerprint density at radius 1 is 1.18 bits per heavy atom. The summed E-state index contributed by atoms with van der Waals surface area (Å²) in [7, 11) is 0. The fraction of sp³-hybridized carbons (Fsp3) is 0.433. The predicted octanol–water partition coefficient (Wildman–Crippen LogP) is 6.98. The standard InChI is InChI=1S/C30H36O3/c1-8-32-26(31)14-19(2)12-13-22-17-30(22,7)23-15-24(27-20(3)10-9-11-21(27)4)28-25(16-23)29(5,6)18-33-28/h9-16,22H,8,17-18H2,1-7H3/b13-12+,19-14+/t22-,30+/m1/s1. The maximum Gasteiger partial charge on any atom is 0.330 e. The van der Waals surface area contributed by atoms with Crippen molar-refractivity contribution in [2.24, 2.45) is 5.92 Å². The number of hydrogen-bond acceptors (Lipinski definition) is 3. The average molecular weight is 445 g/mol. The first-order valence-electron chi connectivity index (χ1n) is 12.0. The first-order valence-corrected chi connectivity index (χ1v) is 12.0. The summed E-state index contributed by atoms with van der Waals surface area (Å²) in [5, 5.41) is 0. The molecule has 2 atom stereocenters. The number of benzene rings is 2. The Morgan fingerprint density at radius 2 is 1.88 bits per heavy atom. The highest BCUT2D eigenvalue weighted by Gasteiger charge is 2.50. The molecule has 33 heavy (non-hydrogen) atoms. The van der Waals surface area contributed by atoms with E-state index in [4.69, 9.17) is 9.47 Å². The molecule has 2 aromatic rings. The van der Waals surface area contributed by atoms with Crippen LogP contribution in [0.1, 0.15) is 63.3 Å². The summed E-state index contributed by atoms with van der Waals surface area (Å²) in [5.41, 5.74) is 8.75. The van der Waals surface area contributed by atoms with Gasteiger partial charge in [0.1, 0.15) is 5.75 Å². The summed E-state index contributed by atoms with van der Waals surface area (Å²) in [6.45, 7) is 16.1. The van der Waals surface area contributed by atoms with E-state index >= 15 is 0 Å². The van der Waals surface area contributed by atoms with Crippen molar-refractivity contribution in [1.82, 2.24) is 0 Å². The van der Waals surface area contributed by atoms with Crippen molar-refractivity contribution in [3.8, 4) is 16.9 Å². The van der Waals surface area contributed by atoms with Crippen LogP contribution in [0.5, 0.6) is 5.75 Å². The third-order valence-corrected chi connectivity index (χ3v) is 7.33. The van der Waals surface area contributed by atoms with E-state index in [0.29, 0.717) is 19.1 Å². The van der Waals surface area contributed by atoms with Gasteiger partial charge in [-0.15, -0.1) is 0 Å². The second-order valence-electron chi connectivity index (χ2n) is 10.6. The molecular weight excluding hydrogens is 408 g/mol. The fourth-order valence-corrected chi connectivity index (χ4v) is 5.07. The van der Waals surface area contributed by atoms with Crippen molar-refractivity contribution < 1.29 is 14.3 Å². The summed E-state index contributed by atoms with van der Waals surface area (Å²) >= 11 is 0. The lowest BCUT2D eigenvalue weighted by molar-refractivity contribution is -0.137. The highest BCUT2D eigenvalue weighted by Crippen LogP contribution is 2.58. The zero-order valence-corrected chi connectivity index (χ0v) is 21.0. The summed E-state index contributed by atoms with van der Waals surface area (Å²) in [5.74, 6) is 1.21. The zero-order valence-electron chi connectivity index (χ0n) is 21.0. The molecule has 1 aliphatic carbocycles. The second-order valence-corrected chi connectivity index (χ2v) is 10.6. The van der Waals surface area contributed by atoms with Crippen molar-refractivity contribution in [1.29, 1.82) is 0 Å². The third kappa shape index (κ3) is 4.38. The maximum absolute atomic E-state index is 11.7. The molecule has 3 heteroatoms. The van der Waals surface area contributed by atoms with Crippen LogP contribution in [-0.2, 0) is 20.4 Å². The van der Waals surface area contributed by atoms with Crippen LogP contribution in [0.3, 0.4) is 0 Å². The lowest BCUT2D eigenvalue weighted by Crippen LogP contribution is -2.18. The van der Waals surface area contributed by atoms with Gasteiger partial charge in [-0.25, -0.2) is 4.79 Å². The van der Waals surface area contributed by atoms with Crippen molar-refractivity contribution in [2.45, 2.75) is 65.7 Å². The van der Waals surface area contributed by atoms with Gasteiger partial charge in [0.25, 0.3) is 0 Å². The molecule has 174 valence electrons. The summed E-state index contributed by atoms with van der Waals surface area (Å²) in [4.78, 5) is 11.7. The molecular formula is C30H36O3. The van der Waals surface area contributed by atoms with Crippen LogP contribution in [0.4, 0.5) is 0 Å². The van der Waals surface area contributed by atoms with Crippen LogP contribution in [0, 0.1) is 19.8 Å². The number of hydrogen-bond donors (Lipinski definition) is 0. The van der Waals surface area contributed by atoms with Gasteiger partial charge in [-0.05, 0) is 79.3 Å². The van der Waals surface area contributed by atoms with Gasteiger partial charge in [0.2, 0.25) is 0 Å². The molecule has 1 heterocycles. The number of ether oxygens (including phenoxy) is 2. The molecule has 1 saturated carbocycles. The highest BCUT2D eigenvalue weighted by atomic mass is 16.5. The minimum atomic E-state index is -0.280. The Balaban J connectivity index is 1.71. The van der Waals surface area contributed by atoms with Crippen LogP contribution in [0.25, 0.3) is 11.1 Å². The number of fused-ring (bicyclic) bond motifs is 1. The first kappa shape index (κ1) is 23.4. The van der Waals surface area contributed by atoms with Gasteiger partial charge < -0.3 is 9.47 Å². The molecule has 2 aliphatic rings. The predicted molar refractivity (Wildman–Crippen MR) is 135 cm³/mol. The SMILES string of the molecule is CCOC(=O)/C=C(C)/C=C/[C@@H]1C[C@]1(C)c1cc(-c2c(C)cccc2C)c2c(c1)C(C)(C)CO2. The average Bonchev–Trinajstić information content (AvgIpc) is 3.31. The van der Waals surface area contributed by atoms with Crippen molar-refractivity contribution >= 4 is 5.97 Å². The minimum Gasteiger partial charge on any atom is -0.492 e. The van der Waals surface area contributed by atoms with Crippen LogP contribution in [0.15, 0.2) is 54.1 Å². The first-order chi connectivity index (χ1) is 15.6. The van der Waals surface area contributed by atoms with Crippen LogP contribution < -0.4 is 4.74 Å². The van der Waals surface area contributed by atoms with Crippen LogP contribution in [0.2, 0.25) is 0 Å². The largest absolute Gasteiger partial charge is 0.492 e. The fourth-order valence-electron chi connectivity index (χ4n) is 5.07. The van der Waals surface area contributed by atoms with E-state index in [9.17, 15) is 4.79 Å². The van der Waals surface area contributed by atoms with Gasteiger partial charge in [0.05, 0.1) is 13.2 Å². The number of aryl methyl sites for hydroxylation is 2. The Labute approximate surface area is 198 Å². The number of rotatable bonds is 6. The summed E-state index contributed by atoms with van der Waals surface area (Å²) < 4.78 is 11.3. The molecule has 4 rings (SSSR count). The molecule has 0 amide bonds. The van der Waals surface area contributed by atoms with Gasteiger partial charge in [0.15, 0.2) is 0 Å². The second kappa shape index (κ2) is 8.52. The van der Waals surface area contributed by atoms with E-state index in [0.717, 1.165) is 17.7 Å². The minimum absolute atomic E-state index is 0.00770. The van der Waals surface area contributed by atoms with Crippen LogP contribution >= 0.6 is 0 Å². The molecule has 0 aromatic heterocycles. The van der Waals surface area contributed by atoms with E-state index in [1.807, 2.05) is 13.8 Å². The van der Waals surface area contributed by atoms with E-state index in [1.165, 1.54) is 33.4 Å². The lowest BCUT2D eigenvalue weighted by Gasteiger charge is -2.21. The number of carbonyl (C=O) groups is 1. The molecule has 2 aromatic carbocycles. The lowest BCUT2D eigenvalue weighted by atomic mass is 9.80. The van der Waals surface area contributed by atoms with Crippen molar-refractivity contribution in [3.05, 3.63) is 76.4 Å². The molecule has 3 nitrogen and oxygen atoms in total. The quantitative estimate of drug-likeness (QED) is 0.274. The molecule has 0 spiro atoms. The third-order valence-electron chi connectivity index (χ3n) is 7.33. The molecule has 0 saturated heterocycles. The van der Waals surface area contributed by atoms with E-state index in [-0.39, 0.29) is 16.8 Å². The Morgan fingerprint density at radius 3 is 2.55 bits per heavy atom. The Kier molecular flexibility index (Phi) is 6.03. The van der Waals surface area contributed by atoms with E-state index in [1.54, 1.807) is 6.08 Å². The summed E-state index contributed by atoms with van der Waals surface area (Å²) in [6, 6.07) is 11.2. The van der Waals surface area contributed by atoms with Crippen LogP contribution in [-0.4, -0.2) is 19.2 Å². The highest BCUT2D eigenvalue weighted by molar-refractivity contribution is 5.83. The van der Waals surface area contributed by atoms with E-state index < -0.39 is 0 Å². The van der Waals surface area contributed by atoms with Gasteiger partial charge in [0, 0.05) is 22.6 Å². The van der Waals surface area contributed by atoms with Gasteiger partial charge in [-0.3, -0.25) is 0 Å². The number of esters is 1. The topological polar surface area (TPSA) is 35.5 Å². The van der Waals surface area contributed by atoms with Gasteiger partial charge in [-0.2, -0.15) is 0 Å². The van der Waals surface area contributed by atoms with E-state index in [2.05, 4.69) is 77.1 Å². The number of carbonyl (C=O) groups excluding carboxylic acids is 1. The smallest absolute Gasteiger partial charge is 0.330 e. The molecule has 0 N–H and O–H groups in total. The van der Waals surface area contributed by atoms with Gasteiger partial charge >= 0.3 is 5.97 Å². The molecule has 1 fully saturated rings. The Bertz CT molecular complexity index is 1130. The Hall–Kier alpha value is -2.81.